The van der Waals surface area contributed by atoms with Crippen LogP contribution in [-0.4, -0.2) is 64.5 Å². The molecule has 33 heavy (non-hydrogen) atoms. The number of benzene rings is 2. The van der Waals surface area contributed by atoms with E-state index in [1.165, 1.54) is 12.1 Å². The normalized spacial score (nSPS) is 14.5. The van der Waals surface area contributed by atoms with Crippen LogP contribution in [0, 0.1) is 5.82 Å². The molecule has 3 heterocycles. The second-order valence-corrected chi connectivity index (χ2v) is 7.85. The number of anilines is 2. The van der Waals surface area contributed by atoms with Gasteiger partial charge in [-0.25, -0.2) is 14.4 Å². The van der Waals surface area contributed by atoms with Gasteiger partial charge < -0.3 is 14.8 Å². The number of hydrogen-bond acceptors (Lipinski definition) is 7. The summed E-state index contributed by atoms with van der Waals surface area (Å²) < 4.78 is 25.3. The molecular formula is C24H25FN6O2. The summed E-state index contributed by atoms with van der Waals surface area (Å²) >= 11 is 0. The summed E-state index contributed by atoms with van der Waals surface area (Å²) in [5.74, 6) is 1.45. The molecule has 5 rings (SSSR count). The molecule has 1 aliphatic heterocycles. The van der Waals surface area contributed by atoms with Crippen LogP contribution in [0.15, 0.2) is 54.9 Å². The highest BCUT2D eigenvalue weighted by molar-refractivity contribution is 5.92. The molecule has 1 saturated heterocycles. The third kappa shape index (κ3) is 5.27. The maximum atomic E-state index is 13.9. The monoisotopic (exact) mass is 448 g/mol. The molecule has 9 heteroatoms. The van der Waals surface area contributed by atoms with Crippen molar-refractivity contribution in [1.29, 1.82) is 0 Å². The minimum absolute atomic E-state index is 0.346. The van der Waals surface area contributed by atoms with Gasteiger partial charge in [0.2, 0.25) is 0 Å². The highest BCUT2D eigenvalue weighted by atomic mass is 19.1. The van der Waals surface area contributed by atoms with Gasteiger partial charge in [0.15, 0.2) is 5.82 Å². The zero-order valence-corrected chi connectivity index (χ0v) is 18.1. The lowest BCUT2D eigenvalue weighted by Crippen LogP contribution is -2.37. The summed E-state index contributed by atoms with van der Waals surface area (Å²) in [5.41, 5.74) is 2.19. The van der Waals surface area contributed by atoms with Crippen molar-refractivity contribution in [2.75, 3.05) is 44.8 Å². The molecular weight excluding hydrogens is 423 g/mol. The van der Waals surface area contributed by atoms with Gasteiger partial charge in [-0.3, -0.25) is 10.00 Å². The third-order valence-electron chi connectivity index (χ3n) is 5.50. The van der Waals surface area contributed by atoms with Gasteiger partial charge in [0, 0.05) is 36.8 Å². The summed E-state index contributed by atoms with van der Waals surface area (Å²) in [4.78, 5) is 11.7. The Morgan fingerprint density at radius 1 is 1.12 bits per heavy atom. The summed E-state index contributed by atoms with van der Waals surface area (Å²) in [6.45, 7) is 5.20. The number of aromatic nitrogens is 4. The Hall–Kier alpha value is -3.56. The Morgan fingerprint density at radius 2 is 2.03 bits per heavy atom. The Labute approximate surface area is 190 Å². The number of nitrogens with one attached hydrogen (secondary N) is 2. The molecule has 1 fully saturated rings. The first-order valence-corrected chi connectivity index (χ1v) is 11.0. The van der Waals surface area contributed by atoms with E-state index >= 15 is 0 Å². The number of halogens is 1. The quantitative estimate of drug-likeness (QED) is 0.394. The molecule has 0 radical (unpaired) electrons. The van der Waals surface area contributed by atoms with E-state index in [-0.39, 0.29) is 5.82 Å². The third-order valence-corrected chi connectivity index (χ3v) is 5.50. The first-order valence-electron chi connectivity index (χ1n) is 11.0. The van der Waals surface area contributed by atoms with Crippen molar-refractivity contribution < 1.29 is 13.9 Å². The highest BCUT2D eigenvalue weighted by Gasteiger charge is 2.13. The molecule has 0 aliphatic carbocycles. The van der Waals surface area contributed by atoms with E-state index in [1.54, 1.807) is 18.5 Å². The van der Waals surface area contributed by atoms with Crippen molar-refractivity contribution in [1.82, 2.24) is 25.1 Å². The van der Waals surface area contributed by atoms with Crippen LogP contribution in [0.5, 0.6) is 5.75 Å². The molecule has 8 nitrogen and oxygen atoms in total. The lowest BCUT2D eigenvalue weighted by Gasteiger charge is -2.26. The summed E-state index contributed by atoms with van der Waals surface area (Å²) in [5, 5.41) is 10.5. The van der Waals surface area contributed by atoms with Crippen LogP contribution in [0.25, 0.3) is 22.3 Å². The zero-order valence-electron chi connectivity index (χ0n) is 18.1. The van der Waals surface area contributed by atoms with Crippen LogP contribution >= 0.6 is 0 Å². The molecule has 0 saturated carbocycles. The Bertz CT molecular complexity index is 1210. The van der Waals surface area contributed by atoms with Gasteiger partial charge in [0.1, 0.15) is 17.4 Å². The van der Waals surface area contributed by atoms with E-state index in [4.69, 9.17) is 9.47 Å². The predicted molar refractivity (Wildman–Crippen MR) is 124 cm³/mol. The fourth-order valence-electron chi connectivity index (χ4n) is 3.81. The number of H-pyrrole nitrogens is 1. The van der Waals surface area contributed by atoms with E-state index in [0.29, 0.717) is 29.2 Å². The number of nitrogens with zero attached hydrogens (tertiary/aromatic N) is 4. The summed E-state index contributed by atoms with van der Waals surface area (Å²) in [6.07, 6.45) is 4.29. The van der Waals surface area contributed by atoms with Crippen molar-refractivity contribution in [3.63, 3.8) is 0 Å². The Balaban J connectivity index is 1.34. The van der Waals surface area contributed by atoms with Crippen LogP contribution in [0.2, 0.25) is 0 Å². The predicted octanol–water partition coefficient (Wildman–Crippen LogP) is 4.00. The largest absolute Gasteiger partial charge is 0.494 e. The lowest BCUT2D eigenvalue weighted by molar-refractivity contribution is 0.0358. The molecule has 2 N–H and O–H groups in total. The molecule has 0 amide bonds. The van der Waals surface area contributed by atoms with Crippen LogP contribution in [0.4, 0.5) is 15.9 Å². The smallest absolute Gasteiger partial charge is 0.162 e. The van der Waals surface area contributed by atoms with E-state index < -0.39 is 0 Å². The average Bonchev–Trinajstić information content (AvgIpc) is 3.36. The summed E-state index contributed by atoms with van der Waals surface area (Å²) in [7, 11) is 0. The number of rotatable bonds is 8. The van der Waals surface area contributed by atoms with Crippen LogP contribution in [0.3, 0.4) is 0 Å². The van der Waals surface area contributed by atoms with Crippen LogP contribution < -0.4 is 10.1 Å². The first-order chi connectivity index (χ1) is 16.2. The standard InChI is InChI=1S/C24H25FN6O2/c25-18-5-6-22-21(14-18)24(28-19-15-26-27-16-19)30-23(29-22)17-3-1-4-20(13-17)33-10-2-7-31-8-11-32-12-9-31/h1,3-6,13-16H,2,7-12H2,(H,26,27)(H,28,29,30). The molecule has 0 unspecified atom stereocenters. The van der Waals surface area contributed by atoms with Gasteiger partial charge in [0.25, 0.3) is 0 Å². The van der Waals surface area contributed by atoms with E-state index in [0.717, 1.165) is 56.3 Å². The molecule has 0 bridgehead atoms. The highest BCUT2D eigenvalue weighted by Crippen LogP contribution is 2.29. The molecule has 170 valence electrons. The van der Waals surface area contributed by atoms with Gasteiger partial charge in [-0.2, -0.15) is 5.10 Å². The Kier molecular flexibility index (Phi) is 6.41. The topological polar surface area (TPSA) is 88.2 Å². The van der Waals surface area contributed by atoms with Crippen molar-refractivity contribution >= 4 is 22.4 Å². The minimum atomic E-state index is -0.346. The SMILES string of the molecule is Fc1ccc2nc(-c3cccc(OCCCN4CCOCC4)c3)nc(Nc3cn[nH]c3)c2c1. The van der Waals surface area contributed by atoms with Crippen molar-refractivity contribution in [3.05, 3.63) is 60.7 Å². The van der Waals surface area contributed by atoms with Crippen molar-refractivity contribution in [3.8, 4) is 17.1 Å². The number of fused-ring (bicyclic) bond motifs is 1. The van der Waals surface area contributed by atoms with Gasteiger partial charge in [0.05, 0.1) is 37.2 Å². The molecule has 1 aliphatic rings. The van der Waals surface area contributed by atoms with Gasteiger partial charge >= 0.3 is 0 Å². The number of hydrogen-bond donors (Lipinski definition) is 2. The second kappa shape index (κ2) is 9.93. The van der Waals surface area contributed by atoms with E-state index in [1.807, 2.05) is 24.3 Å². The lowest BCUT2D eigenvalue weighted by atomic mass is 10.1. The van der Waals surface area contributed by atoms with Crippen LogP contribution in [0.1, 0.15) is 6.42 Å². The van der Waals surface area contributed by atoms with E-state index in [9.17, 15) is 4.39 Å². The zero-order chi connectivity index (χ0) is 22.5. The molecule has 4 aromatic rings. The number of aromatic amines is 1. The van der Waals surface area contributed by atoms with Crippen molar-refractivity contribution in [2.24, 2.45) is 0 Å². The molecule has 0 spiro atoms. The van der Waals surface area contributed by atoms with Gasteiger partial charge in [-0.1, -0.05) is 12.1 Å². The number of morpholine rings is 1. The number of ether oxygens (including phenoxy) is 2. The van der Waals surface area contributed by atoms with Crippen molar-refractivity contribution in [2.45, 2.75) is 6.42 Å². The Morgan fingerprint density at radius 3 is 2.88 bits per heavy atom. The van der Waals surface area contributed by atoms with E-state index in [2.05, 4.69) is 30.4 Å². The summed E-state index contributed by atoms with van der Waals surface area (Å²) in [6, 6.07) is 12.2. The maximum absolute atomic E-state index is 13.9. The average molecular weight is 449 g/mol. The molecule has 0 atom stereocenters. The fraction of sp³-hybridized carbons (Fsp3) is 0.292. The molecule has 2 aromatic heterocycles. The van der Waals surface area contributed by atoms with Gasteiger partial charge in [-0.05, 0) is 36.8 Å². The molecule has 2 aromatic carbocycles. The van der Waals surface area contributed by atoms with Gasteiger partial charge in [-0.15, -0.1) is 0 Å². The van der Waals surface area contributed by atoms with Crippen LogP contribution in [-0.2, 0) is 4.74 Å². The first kappa shape index (κ1) is 21.3. The fourth-order valence-corrected chi connectivity index (χ4v) is 3.81. The maximum Gasteiger partial charge on any atom is 0.162 e. The second-order valence-electron chi connectivity index (χ2n) is 7.85. The minimum Gasteiger partial charge on any atom is -0.494 e.